The van der Waals surface area contributed by atoms with E-state index in [4.69, 9.17) is 16.3 Å². The molecule has 0 saturated carbocycles. The molecule has 1 amide bonds. The second kappa shape index (κ2) is 8.15. The van der Waals surface area contributed by atoms with Crippen LogP contribution in [0.15, 0.2) is 18.2 Å². The van der Waals surface area contributed by atoms with E-state index >= 15 is 0 Å². The van der Waals surface area contributed by atoms with Crippen molar-refractivity contribution >= 4 is 38.9 Å². The van der Waals surface area contributed by atoms with Crippen LogP contribution in [0.5, 0.6) is 0 Å². The first kappa shape index (κ1) is 20.7. The third-order valence-corrected chi connectivity index (χ3v) is 4.18. The number of carbonyl (C=O) groups is 1. The number of amides is 1. The summed E-state index contributed by atoms with van der Waals surface area (Å²) in [5, 5.41) is 11.7. The summed E-state index contributed by atoms with van der Waals surface area (Å²) in [5.74, 6) is -0.0731. The van der Waals surface area contributed by atoms with Crippen LogP contribution >= 0.6 is 11.6 Å². The highest BCUT2D eigenvalue weighted by Crippen LogP contribution is 2.27. The van der Waals surface area contributed by atoms with Gasteiger partial charge in [-0.1, -0.05) is 11.6 Å². The zero-order valence-corrected chi connectivity index (χ0v) is 15.8. The minimum atomic E-state index is -3.15. The van der Waals surface area contributed by atoms with Crippen molar-refractivity contribution in [2.24, 2.45) is 0 Å². The van der Waals surface area contributed by atoms with Gasteiger partial charge in [-0.25, -0.2) is 13.2 Å². The smallest absolute Gasteiger partial charge is 0.415 e. The van der Waals surface area contributed by atoms with Crippen LogP contribution in [-0.2, 0) is 14.6 Å². The Bertz CT molecular complexity index is 686. The fraction of sp³-hybridized carbons (Fsp3) is 0.533. The molecule has 24 heavy (non-hydrogen) atoms. The summed E-state index contributed by atoms with van der Waals surface area (Å²) in [5.41, 5.74) is 0.430. The minimum Gasteiger partial charge on any atom is -0.630 e. The molecular weight excluding hydrogens is 356 g/mol. The van der Waals surface area contributed by atoms with Gasteiger partial charge in [0.05, 0.1) is 5.75 Å². The van der Waals surface area contributed by atoms with Crippen molar-refractivity contribution < 1.29 is 23.4 Å². The molecule has 0 heterocycles. The van der Waals surface area contributed by atoms with E-state index in [9.17, 15) is 18.4 Å². The number of hydrogen-bond acceptors (Lipinski definition) is 5. The summed E-state index contributed by atoms with van der Waals surface area (Å²) in [6, 6.07) is 4.53. The number of ether oxygens (including phenoxy) is 1. The Morgan fingerprint density at radius 3 is 2.50 bits per heavy atom. The topological polar surface area (TPSA) is 103 Å². The lowest BCUT2D eigenvalue weighted by molar-refractivity contribution is -0.496. The molecule has 1 aromatic carbocycles. The standard InChI is InChI=1S/C15H23ClN2O5S/c1-15(2,3)23-14(19)18(8-5-9-24(4,21)22)13-7-6-11(16)10-12(13)17-20/h6-7,10H,5,8-9,17H2,1-4H3. The highest BCUT2D eigenvalue weighted by molar-refractivity contribution is 7.90. The third-order valence-electron chi connectivity index (χ3n) is 2.92. The number of nitrogens with two attached hydrogens (primary N) is 1. The average Bonchev–Trinajstić information content (AvgIpc) is 2.41. The molecule has 0 bridgehead atoms. The summed E-state index contributed by atoms with van der Waals surface area (Å²) < 4.78 is 28.0. The number of hydrogen-bond donors (Lipinski definition) is 1. The van der Waals surface area contributed by atoms with Gasteiger partial charge < -0.3 is 15.4 Å². The molecule has 0 radical (unpaired) electrons. The van der Waals surface area contributed by atoms with Gasteiger partial charge in [0.15, 0.2) is 5.69 Å². The Labute approximate surface area is 147 Å². The molecule has 7 nitrogen and oxygen atoms in total. The summed E-state index contributed by atoms with van der Waals surface area (Å²) in [6.07, 6.45) is 0.699. The molecule has 0 fully saturated rings. The van der Waals surface area contributed by atoms with Crippen molar-refractivity contribution in [3.8, 4) is 0 Å². The summed E-state index contributed by atoms with van der Waals surface area (Å²) in [7, 11) is -3.15. The van der Waals surface area contributed by atoms with Gasteiger partial charge in [-0.15, -0.1) is 0 Å². The third kappa shape index (κ3) is 7.04. The van der Waals surface area contributed by atoms with Gasteiger partial charge in [0, 0.05) is 23.9 Å². The Kier molecular flexibility index (Phi) is 7.03. The fourth-order valence-corrected chi connectivity index (χ4v) is 2.81. The van der Waals surface area contributed by atoms with E-state index < -0.39 is 21.5 Å². The first-order chi connectivity index (χ1) is 10.9. The van der Waals surface area contributed by atoms with Crippen LogP contribution in [0.25, 0.3) is 0 Å². The van der Waals surface area contributed by atoms with Crippen LogP contribution in [0, 0.1) is 5.21 Å². The van der Waals surface area contributed by atoms with Gasteiger partial charge in [-0.3, -0.25) is 4.90 Å². The van der Waals surface area contributed by atoms with Gasteiger partial charge in [0.1, 0.15) is 21.1 Å². The van der Waals surface area contributed by atoms with Crippen LogP contribution < -0.4 is 10.4 Å². The second-order valence-electron chi connectivity index (χ2n) is 6.44. The van der Waals surface area contributed by atoms with Gasteiger partial charge in [-0.05, 0) is 39.3 Å². The molecule has 2 N–H and O–H groups in total. The predicted molar refractivity (Wildman–Crippen MR) is 94.3 cm³/mol. The number of anilines is 1. The maximum atomic E-state index is 12.5. The van der Waals surface area contributed by atoms with Crippen molar-refractivity contribution in [3.63, 3.8) is 0 Å². The minimum absolute atomic E-state index is 0.0731. The average molecular weight is 379 g/mol. The number of carbonyl (C=O) groups excluding carboxylic acids is 1. The summed E-state index contributed by atoms with van der Waals surface area (Å²) in [6.45, 7) is 5.27. The Morgan fingerprint density at radius 2 is 2.00 bits per heavy atom. The maximum absolute atomic E-state index is 12.5. The van der Waals surface area contributed by atoms with Crippen molar-refractivity contribution in [2.75, 3.05) is 23.5 Å². The van der Waals surface area contributed by atoms with Crippen LogP contribution in [0.3, 0.4) is 0 Å². The van der Waals surface area contributed by atoms with Crippen LogP contribution in [0.2, 0.25) is 5.02 Å². The molecule has 1 aromatic rings. The Hall–Kier alpha value is -1.35. The number of benzene rings is 1. The SMILES string of the molecule is CC(C)(C)OC(=O)N(CCCS(C)(=O)=O)c1ccc(Cl)cc1[NH2+][O-]. The predicted octanol–water partition coefficient (Wildman–Crippen LogP) is 2.21. The highest BCUT2D eigenvalue weighted by Gasteiger charge is 2.26. The largest absolute Gasteiger partial charge is 0.630 e. The first-order valence-electron chi connectivity index (χ1n) is 7.36. The lowest BCUT2D eigenvalue weighted by atomic mass is 10.2. The molecule has 0 unspecified atom stereocenters. The zero-order valence-electron chi connectivity index (χ0n) is 14.2. The highest BCUT2D eigenvalue weighted by atomic mass is 35.5. The molecular formula is C15H23ClN2O5S. The van der Waals surface area contributed by atoms with Crippen molar-refractivity contribution in [3.05, 3.63) is 28.4 Å². The maximum Gasteiger partial charge on any atom is 0.415 e. The molecule has 136 valence electrons. The van der Waals surface area contributed by atoms with E-state index in [1.165, 1.54) is 17.0 Å². The van der Waals surface area contributed by atoms with E-state index in [2.05, 4.69) is 0 Å². The zero-order chi connectivity index (χ0) is 18.5. The molecule has 0 aliphatic carbocycles. The molecule has 0 saturated heterocycles. The second-order valence-corrected chi connectivity index (χ2v) is 9.13. The van der Waals surface area contributed by atoms with E-state index in [-0.39, 0.29) is 24.4 Å². The normalized spacial score (nSPS) is 12.1. The number of sulfone groups is 1. The van der Waals surface area contributed by atoms with Crippen molar-refractivity contribution in [1.82, 2.24) is 0 Å². The van der Waals surface area contributed by atoms with Gasteiger partial charge in [-0.2, -0.15) is 0 Å². The summed E-state index contributed by atoms with van der Waals surface area (Å²) in [4.78, 5) is 13.7. The lowest BCUT2D eigenvalue weighted by Crippen LogP contribution is -2.70. The molecule has 1 rings (SSSR count). The van der Waals surface area contributed by atoms with Gasteiger partial charge in [0.2, 0.25) is 0 Å². The van der Waals surface area contributed by atoms with Gasteiger partial charge in [0.25, 0.3) is 0 Å². The number of rotatable bonds is 6. The summed E-state index contributed by atoms with van der Waals surface area (Å²) >= 11 is 5.88. The Morgan fingerprint density at radius 1 is 1.38 bits per heavy atom. The van der Waals surface area contributed by atoms with Crippen LogP contribution in [0.4, 0.5) is 16.2 Å². The fourth-order valence-electron chi connectivity index (χ4n) is 1.98. The Balaban J connectivity index is 3.10. The van der Waals surface area contributed by atoms with Crippen molar-refractivity contribution in [2.45, 2.75) is 32.8 Å². The monoisotopic (exact) mass is 378 g/mol. The van der Waals surface area contributed by atoms with Gasteiger partial charge >= 0.3 is 6.09 Å². The molecule has 0 aliphatic heterocycles. The van der Waals surface area contributed by atoms with Crippen LogP contribution in [0.1, 0.15) is 27.2 Å². The number of quaternary nitrogens is 1. The molecule has 9 heteroatoms. The van der Waals surface area contributed by atoms with E-state index in [1.54, 1.807) is 26.8 Å². The number of halogens is 1. The molecule has 0 aromatic heterocycles. The van der Waals surface area contributed by atoms with Crippen LogP contribution in [-0.4, -0.2) is 38.7 Å². The van der Waals surface area contributed by atoms with E-state index in [1.807, 2.05) is 0 Å². The van der Waals surface area contributed by atoms with E-state index in [0.717, 1.165) is 6.26 Å². The molecule has 0 aliphatic rings. The number of nitrogens with zero attached hydrogens (tertiary/aromatic N) is 1. The molecule has 0 atom stereocenters. The van der Waals surface area contributed by atoms with Crippen molar-refractivity contribution in [1.29, 1.82) is 0 Å². The quantitative estimate of drug-likeness (QED) is 0.603. The lowest BCUT2D eigenvalue weighted by Gasteiger charge is -2.28. The first-order valence-corrected chi connectivity index (χ1v) is 9.80. The van der Waals surface area contributed by atoms with E-state index in [0.29, 0.717) is 16.2 Å². The molecule has 0 spiro atoms.